The fraction of sp³-hybridized carbons (Fsp3) is 1.00. The van der Waals surface area contributed by atoms with Crippen LogP contribution >= 0.6 is 0 Å². The van der Waals surface area contributed by atoms with Crippen LogP contribution in [0.5, 0.6) is 0 Å². The van der Waals surface area contributed by atoms with Crippen LogP contribution in [0.2, 0.25) is 39.3 Å². The Kier molecular flexibility index (Phi) is 4.33. The first-order chi connectivity index (χ1) is 7.44. The second-order valence-electron chi connectivity index (χ2n) is 6.46. The molecule has 4 nitrogen and oxygen atoms in total. The van der Waals surface area contributed by atoms with Crippen LogP contribution in [0, 0.1) is 0 Å². The van der Waals surface area contributed by atoms with E-state index >= 15 is 0 Å². The van der Waals surface area contributed by atoms with E-state index in [0.717, 1.165) is 9.84 Å². The molecule has 0 atom stereocenters. The molecule has 0 aromatic rings. The minimum Gasteiger partial charge on any atom is -0.336 e. The van der Waals surface area contributed by atoms with Crippen LogP contribution in [-0.2, 0) is 0 Å². The van der Waals surface area contributed by atoms with E-state index in [1.807, 2.05) is 0 Å². The highest BCUT2D eigenvalue weighted by atomic mass is 28.5. The first kappa shape index (κ1) is 15.8. The molecule has 1 fully saturated rings. The van der Waals surface area contributed by atoms with Crippen LogP contribution in [0.25, 0.3) is 0 Å². The summed E-state index contributed by atoms with van der Waals surface area (Å²) in [6.07, 6.45) is 0. The van der Waals surface area contributed by atoms with Gasteiger partial charge >= 0.3 is 0 Å². The fourth-order valence-electron chi connectivity index (χ4n) is 2.24. The molecule has 100 valence electrons. The molecule has 0 aromatic carbocycles. The molecule has 17 heavy (non-hydrogen) atoms. The lowest BCUT2D eigenvalue weighted by molar-refractivity contribution is 0.555. The number of hydrogen-bond acceptors (Lipinski definition) is 4. The standard InChI is InChI=1S/C9H28N4Si4/c1-11-14-10-15(4,5)12(2)17(8,9)13(3)16(11,6)7/h10H,1-9H3. The predicted octanol–water partition coefficient (Wildman–Crippen LogP) is 1.02. The topological polar surface area (TPSA) is 21.8 Å². The van der Waals surface area contributed by atoms with Gasteiger partial charge in [0.05, 0.1) is 0 Å². The van der Waals surface area contributed by atoms with Crippen LogP contribution in [0.1, 0.15) is 0 Å². The molecular formula is C9H28N4Si4. The summed E-state index contributed by atoms with van der Waals surface area (Å²) in [6.45, 7) is 14.8. The quantitative estimate of drug-likeness (QED) is 0.675. The van der Waals surface area contributed by atoms with Gasteiger partial charge in [-0.3, -0.25) is 0 Å². The molecule has 0 saturated carbocycles. The van der Waals surface area contributed by atoms with E-state index in [4.69, 9.17) is 0 Å². The average molecular weight is 305 g/mol. The minimum atomic E-state index is -1.50. The highest BCUT2D eigenvalue weighted by molar-refractivity contribution is 6.98. The minimum absolute atomic E-state index is 0.761. The molecule has 2 radical (unpaired) electrons. The van der Waals surface area contributed by atoms with Crippen molar-refractivity contribution in [3.63, 3.8) is 0 Å². The van der Waals surface area contributed by atoms with Crippen molar-refractivity contribution < 1.29 is 0 Å². The van der Waals surface area contributed by atoms with Crippen LogP contribution in [-0.4, -0.2) is 68.9 Å². The van der Waals surface area contributed by atoms with Crippen molar-refractivity contribution in [1.29, 1.82) is 0 Å². The van der Waals surface area contributed by atoms with E-state index in [1.165, 1.54) is 0 Å². The van der Waals surface area contributed by atoms with Crippen molar-refractivity contribution in [2.24, 2.45) is 0 Å². The maximum atomic E-state index is 3.85. The van der Waals surface area contributed by atoms with Gasteiger partial charge in [0.25, 0.3) is 0 Å². The third-order valence-corrected chi connectivity index (χ3v) is 24.7. The molecule has 0 spiro atoms. The Morgan fingerprint density at radius 2 is 1.24 bits per heavy atom. The van der Waals surface area contributed by atoms with Crippen molar-refractivity contribution in [2.45, 2.75) is 39.3 Å². The van der Waals surface area contributed by atoms with Gasteiger partial charge in [0, 0.05) is 0 Å². The maximum Gasteiger partial charge on any atom is 0.234 e. The van der Waals surface area contributed by atoms with Crippen LogP contribution in [0.15, 0.2) is 0 Å². The highest BCUT2D eigenvalue weighted by Crippen LogP contribution is 2.26. The summed E-state index contributed by atoms with van der Waals surface area (Å²) in [6, 6.07) is 0. The second kappa shape index (κ2) is 4.67. The van der Waals surface area contributed by atoms with Gasteiger partial charge < -0.3 is 17.3 Å². The lowest BCUT2D eigenvalue weighted by atomic mass is 11.6. The molecule has 1 rings (SSSR count). The smallest absolute Gasteiger partial charge is 0.234 e. The summed E-state index contributed by atoms with van der Waals surface area (Å²) < 4.78 is 11.9. The van der Waals surface area contributed by atoms with Crippen molar-refractivity contribution >= 4 is 35.0 Å². The Morgan fingerprint density at radius 3 is 1.71 bits per heavy atom. The van der Waals surface area contributed by atoms with E-state index in [1.54, 1.807) is 0 Å². The van der Waals surface area contributed by atoms with Gasteiger partial charge in [0.1, 0.15) is 0 Å². The monoisotopic (exact) mass is 304 g/mol. The molecule has 0 aliphatic carbocycles. The Hall–Kier alpha value is 0.708. The molecule has 8 heteroatoms. The largest absolute Gasteiger partial charge is 0.336 e. The van der Waals surface area contributed by atoms with Crippen molar-refractivity contribution in [3.05, 3.63) is 0 Å². The van der Waals surface area contributed by atoms with E-state index in [0.29, 0.717) is 0 Å². The van der Waals surface area contributed by atoms with Gasteiger partial charge in [-0.2, -0.15) is 0 Å². The zero-order chi connectivity index (χ0) is 13.6. The van der Waals surface area contributed by atoms with Crippen molar-refractivity contribution in [3.8, 4) is 0 Å². The van der Waals surface area contributed by atoms with Gasteiger partial charge in [0.2, 0.25) is 9.84 Å². The van der Waals surface area contributed by atoms with Gasteiger partial charge in [-0.05, 0) is 60.4 Å². The Bertz CT molecular complexity index is 295. The molecule has 0 aromatic heterocycles. The van der Waals surface area contributed by atoms with Gasteiger partial charge in [-0.25, -0.2) is 0 Å². The van der Waals surface area contributed by atoms with Gasteiger partial charge in [-0.15, -0.1) is 0 Å². The summed E-state index contributed by atoms with van der Waals surface area (Å²) in [4.78, 5) is 0. The molecule has 0 bridgehead atoms. The zero-order valence-electron chi connectivity index (χ0n) is 12.8. The third-order valence-electron chi connectivity index (χ3n) is 4.65. The summed E-state index contributed by atoms with van der Waals surface area (Å²) in [7, 11) is 3.31. The number of nitrogens with one attached hydrogen (secondary N) is 1. The Labute approximate surface area is 113 Å². The molecular weight excluding hydrogens is 276 g/mol. The van der Waals surface area contributed by atoms with E-state index in [-0.39, 0.29) is 0 Å². The number of rotatable bonds is 0. The maximum absolute atomic E-state index is 3.85. The predicted molar refractivity (Wildman–Crippen MR) is 84.6 cm³/mol. The second-order valence-corrected chi connectivity index (χ2v) is 22.1. The molecule has 1 saturated heterocycles. The lowest BCUT2D eigenvalue weighted by Crippen LogP contribution is -2.82. The number of hydrogen-bond donors (Lipinski definition) is 1. The van der Waals surface area contributed by atoms with E-state index < -0.39 is 25.2 Å². The molecule has 0 unspecified atom stereocenters. The lowest BCUT2D eigenvalue weighted by Gasteiger charge is -2.57. The zero-order valence-corrected chi connectivity index (χ0v) is 16.8. The molecule has 1 aliphatic heterocycles. The summed E-state index contributed by atoms with van der Waals surface area (Å²) in [5, 5.41) is 0. The van der Waals surface area contributed by atoms with E-state index in [2.05, 4.69) is 77.8 Å². The number of nitrogens with zero attached hydrogens (tertiary/aromatic N) is 3. The highest BCUT2D eigenvalue weighted by Gasteiger charge is 2.50. The SMILES string of the molecule is CN1[Si]N[Si](C)(C)N(C)[Si](C)(C)N(C)[Si]1(C)C. The normalized spacial score (nSPS) is 30.9. The summed E-state index contributed by atoms with van der Waals surface area (Å²) >= 11 is 0. The molecule has 1 aliphatic rings. The van der Waals surface area contributed by atoms with Crippen LogP contribution in [0.4, 0.5) is 0 Å². The van der Waals surface area contributed by atoms with E-state index in [9.17, 15) is 0 Å². The first-order valence-corrected chi connectivity index (χ1v) is 15.9. The van der Waals surface area contributed by atoms with Crippen molar-refractivity contribution in [2.75, 3.05) is 21.1 Å². The summed E-state index contributed by atoms with van der Waals surface area (Å²) in [5.41, 5.74) is 0. The van der Waals surface area contributed by atoms with Gasteiger partial charge in [-0.1, -0.05) is 0 Å². The third kappa shape index (κ3) is 2.68. The van der Waals surface area contributed by atoms with Crippen LogP contribution in [0.3, 0.4) is 0 Å². The fourth-order valence-corrected chi connectivity index (χ4v) is 20.9. The Balaban J connectivity index is 3.18. The molecule has 1 heterocycles. The molecule has 0 amide bonds. The van der Waals surface area contributed by atoms with Crippen LogP contribution < -0.4 is 4.65 Å². The van der Waals surface area contributed by atoms with Crippen molar-refractivity contribution in [1.82, 2.24) is 17.3 Å². The first-order valence-electron chi connectivity index (χ1n) is 6.18. The Morgan fingerprint density at radius 1 is 0.765 bits per heavy atom. The van der Waals surface area contributed by atoms with Gasteiger partial charge in [0.15, 0.2) is 25.2 Å². The summed E-state index contributed by atoms with van der Waals surface area (Å²) in [5.74, 6) is 0. The molecule has 1 N–H and O–H groups in total. The average Bonchev–Trinajstić information content (AvgIpc) is 2.22.